The number of carbonyl (C=O) groups is 1. The van der Waals surface area contributed by atoms with Gasteiger partial charge in [-0.2, -0.15) is 0 Å². The van der Waals surface area contributed by atoms with Crippen molar-refractivity contribution in [3.05, 3.63) is 53.2 Å². The van der Waals surface area contributed by atoms with Crippen LogP contribution in [0.2, 0.25) is 5.02 Å². The summed E-state index contributed by atoms with van der Waals surface area (Å²) < 4.78 is 0. The molecule has 0 aliphatic rings. The quantitative estimate of drug-likeness (QED) is 0.566. The minimum absolute atomic E-state index is 0.0485. The Hall–Kier alpha value is -1.56. The Morgan fingerprint density at radius 1 is 1.29 bits per heavy atom. The monoisotopic (exact) mass is 363 g/mol. The number of anilines is 1. The zero-order valence-electron chi connectivity index (χ0n) is 14.0. The minimum Gasteiger partial charge on any atom is -0.310 e. The summed E-state index contributed by atoms with van der Waals surface area (Å²) >= 11 is 7.87. The number of amides is 1. The number of hydrogen-bond donors (Lipinski definition) is 1. The molecule has 4 nitrogen and oxygen atoms in total. The number of nitrogens with one attached hydrogen (secondary N) is 1. The summed E-state index contributed by atoms with van der Waals surface area (Å²) in [7, 11) is 1.95. The Bertz CT molecular complexity index is 664. The minimum atomic E-state index is -0.0485. The van der Waals surface area contributed by atoms with Crippen molar-refractivity contribution in [3.63, 3.8) is 0 Å². The van der Waals surface area contributed by atoms with Gasteiger partial charge in [-0.05, 0) is 56.5 Å². The molecule has 6 heteroatoms. The number of carbonyl (C=O) groups excluding carboxylic acids is 1. The van der Waals surface area contributed by atoms with E-state index in [9.17, 15) is 4.79 Å². The number of halogens is 1. The molecule has 1 aromatic heterocycles. The number of nitrogens with zero attached hydrogens (tertiary/aromatic N) is 2. The van der Waals surface area contributed by atoms with Gasteiger partial charge < -0.3 is 5.32 Å². The average Bonchev–Trinajstić information content (AvgIpc) is 2.55. The maximum atomic E-state index is 12.0. The van der Waals surface area contributed by atoms with Crippen LogP contribution in [0.5, 0.6) is 0 Å². The number of aromatic nitrogens is 1. The van der Waals surface area contributed by atoms with E-state index in [1.165, 1.54) is 0 Å². The van der Waals surface area contributed by atoms with Gasteiger partial charge in [-0.1, -0.05) is 29.8 Å². The van der Waals surface area contributed by atoms with Crippen molar-refractivity contribution < 1.29 is 4.79 Å². The highest BCUT2D eigenvalue weighted by Gasteiger charge is 2.07. The Morgan fingerprint density at radius 3 is 2.79 bits per heavy atom. The molecule has 0 bridgehead atoms. The molecule has 0 fully saturated rings. The fourth-order valence-corrected chi connectivity index (χ4v) is 3.30. The van der Waals surface area contributed by atoms with Crippen molar-refractivity contribution in [2.75, 3.05) is 31.2 Å². The predicted molar refractivity (Wildman–Crippen MR) is 102 cm³/mol. The van der Waals surface area contributed by atoms with E-state index >= 15 is 0 Å². The first-order valence-electron chi connectivity index (χ1n) is 7.83. The molecule has 0 aliphatic carbocycles. The number of pyridine rings is 1. The maximum Gasteiger partial charge on any atom is 0.239 e. The summed E-state index contributed by atoms with van der Waals surface area (Å²) in [6.45, 7) is 3.17. The molecule has 1 amide bonds. The number of rotatable bonds is 8. The van der Waals surface area contributed by atoms with Gasteiger partial charge >= 0.3 is 0 Å². The Labute approximate surface area is 152 Å². The normalized spacial score (nSPS) is 10.8. The van der Waals surface area contributed by atoms with E-state index < -0.39 is 0 Å². The van der Waals surface area contributed by atoms with Gasteiger partial charge in [-0.3, -0.25) is 9.69 Å². The number of thioether (sulfide) groups is 1. The first kappa shape index (κ1) is 18.8. The summed E-state index contributed by atoms with van der Waals surface area (Å²) in [4.78, 5) is 19.3. The van der Waals surface area contributed by atoms with Crippen LogP contribution in [0.25, 0.3) is 0 Å². The molecule has 1 heterocycles. The number of likely N-dealkylation sites (N-methyl/N-ethyl adjacent to an activating group) is 1. The molecule has 2 rings (SSSR count). The first-order valence-corrected chi connectivity index (χ1v) is 9.19. The molecule has 24 heavy (non-hydrogen) atoms. The molecule has 0 atom stereocenters. The van der Waals surface area contributed by atoms with Crippen molar-refractivity contribution in [1.82, 2.24) is 9.88 Å². The second-order valence-corrected chi connectivity index (χ2v) is 7.18. The Balaban J connectivity index is 1.65. The number of hydrogen-bond acceptors (Lipinski definition) is 4. The topological polar surface area (TPSA) is 45.2 Å². The van der Waals surface area contributed by atoms with Crippen molar-refractivity contribution in [3.8, 4) is 0 Å². The third-order valence-corrected chi connectivity index (χ3v) is 4.97. The lowest BCUT2D eigenvalue weighted by Gasteiger charge is -2.16. The third-order valence-electron chi connectivity index (χ3n) is 3.37. The van der Waals surface area contributed by atoms with Crippen LogP contribution in [0.1, 0.15) is 12.0 Å². The standard InChI is InChI=1S/C18H22ClN3OS/c1-14-8-9-17(20-12-14)21-18(23)13-22(2)10-5-11-24-16-7-4-3-6-15(16)19/h3-4,6-9,12H,5,10-11,13H2,1-2H3,(H,20,21,23). The summed E-state index contributed by atoms with van der Waals surface area (Å²) in [6, 6.07) is 11.6. The van der Waals surface area contributed by atoms with E-state index in [-0.39, 0.29) is 5.91 Å². The molecule has 128 valence electrons. The van der Waals surface area contributed by atoms with Gasteiger partial charge in [0.2, 0.25) is 5.91 Å². The predicted octanol–water partition coefficient (Wildman–Crippen LogP) is 4.10. The van der Waals surface area contributed by atoms with Crippen molar-refractivity contribution >= 4 is 35.1 Å². The molecule has 0 saturated carbocycles. The van der Waals surface area contributed by atoms with Crippen LogP contribution in [-0.2, 0) is 4.79 Å². The Morgan fingerprint density at radius 2 is 2.08 bits per heavy atom. The molecular formula is C18H22ClN3OS. The molecule has 2 aromatic rings. The first-order chi connectivity index (χ1) is 11.5. The van der Waals surface area contributed by atoms with Crippen LogP contribution in [-0.4, -0.2) is 41.7 Å². The van der Waals surface area contributed by atoms with Gasteiger partial charge in [-0.25, -0.2) is 4.98 Å². The van der Waals surface area contributed by atoms with Crippen molar-refractivity contribution in [2.24, 2.45) is 0 Å². The van der Waals surface area contributed by atoms with Gasteiger partial charge in [-0.15, -0.1) is 11.8 Å². The summed E-state index contributed by atoms with van der Waals surface area (Å²) in [5.41, 5.74) is 1.07. The van der Waals surface area contributed by atoms with Gasteiger partial charge in [0.25, 0.3) is 0 Å². The van der Waals surface area contributed by atoms with Crippen LogP contribution in [0, 0.1) is 6.92 Å². The third kappa shape index (κ3) is 6.51. The highest BCUT2D eigenvalue weighted by molar-refractivity contribution is 7.99. The van der Waals surface area contributed by atoms with E-state index in [2.05, 4.69) is 10.3 Å². The fraction of sp³-hybridized carbons (Fsp3) is 0.333. The molecule has 1 N–H and O–H groups in total. The lowest BCUT2D eigenvalue weighted by molar-refractivity contribution is -0.117. The second-order valence-electron chi connectivity index (χ2n) is 5.64. The molecule has 0 radical (unpaired) electrons. The van der Waals surface area contributed by atoms with Crippen molar-refractivity contribution in [2.45, 2.75) is 18.2 Å². The van der Waals surface area contributed by atoms with Crippen molar-refractivity contribution in [1.29, 1.82) is 0 Å². The van der Waals surface area contributed by atoms with Gasteiger partial charge in [0.1, 0.15) is 5.82 Å². The largest absolute Gasteiger partial charge is 0.310 e. The molecule has 0 unspecified atom stereocenters. The summed E-state index contributed by atoms with van der Waals surface area (Å²) in [6.07, 6.45) is 2.73. The molecule has 0 spiro atoms. The molecule has 0 saturated heterocycles. The lowest BCUT2D eigenvalue weighted by atomic mass is 10.3. The van der Waals surface area contributed by atoms with Gasteiger partial charge in [0, 0.05) is 11.1 Å². The maximum absolute atomic E-state index is 12.0. The van der Waals surface area contributed by atoms with Crippen LogP contribution in [0.15, 0.2) is 47.5 Å². The number of benzene rings is 1. The molecule has 1 aromatic carbocycles. The lowest BCUT2D eigenvalue weighted by Crippen LogP contribution is -2.31. The van der Waals surface area contributed by atoms with E-state index in [0.29, 0.717) is 12.4 Å². The fourth-order valence-electron chi connectivity index (χ4n) is 2.13. The number of aryl methyl sites for hydroxylation is 1. The SMILES string of the molecule is Cc1ccc(NC(=O)CN(C)CCCSc2ccccc2Cl)nc1. The average molecular weight is 364 g/mol. The highest BCUT2D eigenvalue weighted by atomic mass is 35.5. The van der Waals surface area contributed by atoms with Crippen LogP contribution < -0.4 is 5.32 Å². The zero-order valence-corrected chi connectivity index (χ0v) is 15.5. The van der Waals surface area contributed by atoms with E-state index in [0.717, 1.165) is 34.2 Å². The van der Waals surface area contributed by atoms with E-state index in [4.69, 9.17) is 11.6 Å². The van der Waals surface area contributed by atoms with Crippen LogP contribution in [0.3, 0.4) is 0 Å². The van der Waals surface area contributed by atoms with Gasteiger partial charge in [0.05, 0.1) is 11.6 Å². The van der Waals surface area contributed by atoms with E-state index in [1.807, 2.05) is 55.3 Å². The van der Waals surface area contributed by atoms with E-state index in [1.54, 1.807) is 18.0 Å². The second kappa shape index (κ2) is 9.67. The zero-order chi connectivity index (χ0) is 17.4. The van der Waals surface area contributed by atoms with Crippen LogP contribution >= 0.6 is 23.4 Å². The van der Waals surface area contributed by atoms with Crippen LogP contribution in [0.4, 0.5) is 5.82 Å². The summed E-state index contributed by atoms with van der Waals surface area (Å²) in [5, 5.41) is 3.60. The van der Waals surface area contributed by atoms with Gasteiger partial charge in [0.15, 0.2) is 0 Å². The molecule has 0 aliphatic heterocycles. The Kier molecular flexibility index (Phi) is 7.56. The summed E-state index contributed by atoms with van der Waals surface area (Å²) in [5.74, 6) is 1.51. The highest BCUT2D eigenvalue weighted by Crippen LogP contribution is 2.26. The smallest absolute Gasteiger partial charge is 0.239 e. The molecular weight excluding hydrogens is 342 g/mol.